The summed E-state index contributed by atoms with van der Waals surface area (Å²) in [6, 6.07) is 0. The number of allylic oxidation sites excluding steroid dienone is 1. The number of carbonyl (C=O) groups is 2. The van der Waals surface area contributed by atoms with Crippen molar-refractivity contribution in [1.82, 2.24) is 0 Å². The second-order valence-corrected chi connectivity index (χ2v) is 8.54. The van der Waals surface area contributed by atoms with Crippen LogP contribution in [0.4, 0.5) is 0 Å². The zero-order valence-corrected chi connectivity index (χ0v) is 13.6. The molecule has 3 nitrogen and oxygen atoms in total. The fourth-order valence-electron chi connectivity index (χ4n) is 6.39. The third-order valence-electron chi connectivity index (χ3n) is 7.71. The van der Waals surface area contributed by atoms with Gasteiger partial charge in [-0.25, -0.2) is 0 Å². The number of Topliss-reactive ketones (excluding diaryl/α,β-unsaturated/α-hetero) is 1. The molecule has 120 valence electrons. The molecule has 3 heteroatoms. The summed E-state index contributed by atoms with van der Waals surface area (Å²) in [6.07, 6.45) is 7.43. The van der Waals surface area contributed by atoms with E-state index in [1.807, 2.05) is 0 Å². The van der Waals surface area contributed by atoms with Gasteiger partial charge in [0.05, 0.1) is 0 Å². The van der Waals surface area contributed by atoms with Crippen molar-refractivity contribution in [3.63, 3.8) is 0 Å². The molecule has 0 amide bonds. The van der Waals surface area contributed by atoms with Crippen molar-refractivity contribution in [2.45, 2.75) is 64.9 Å². The molecule has 0 heterocycles. The monoisotopic (exact) mass is 302 g/mol. The summed E-state index contributed by atoms with van der Waals surface area (Å²) in [5.74, 6) is 2.00. The van der Waals surface area contributed by atoms with Gasteiger partial charge in [0.15, 0.2) is 5.78 Å². The minimum absolute atomic E-state index is 0.0385. The molecular formula is C19H26O3. The largest absolute Gasteiger partial charge is 0.385 e. The van der Waals surface area contributed by atoms with Gasteiger partial charge in [0.2, 0.25) is 0 Å². The first-order valence-corrected chi connectivity index (χ1v) is 8.82. The summed E-state index contributed by atoms with van der Waals surface area (Å²) >= 11 is 0. The highest BCUT2D eigenvalue weighted by atomic mass is 16.3. The number of rotatable bonds is 0. The van der Waals surface area contributed by atoms with Crippen LogP contribution >= 0.6 is 0 Å². The van der Waals surface area contributed by atoms with Crippen LogP contribution in [-0.4, -0.2) is 22.8 Å². The topological polar surface area (TPSA) is 54.4 Å². The van der Waals surface area contributed by atoms with Crippen molar-refractivity contribution in [3.8, 4) is 0 Å². The molecule has 0 bridgehead atoms. The first kappa shape index (κ1) is 14.6. The van der Waals surface area contributed by atoms with Crippen LogP contribution in [0, 0.1) is 28.6 Å². The normalized spacial score (nSPS) is 51.0. The Labute approximate surface area is 132 Å². The molecular weight excluding hydrogens is 276 g/mol. The smallest absolute Gasteiger partial charge is 0.184 e. The molecule has 0 aromatic carbocycles. The van der Waals surface area contributed by atoms with E-state index in [2.05, 4.69) is 13.8 Å². The summed E-state index contributed by atoms with van der Waals surface area (Å²) in [5.41, 5.74) is 1.13. The molecule has 3 fully saturated rings. The van der Waals surface area contributed by atoms with Crippen LogP contribution in [0.1, 0.15) is 58.8 Å². The van der Waals surface area contributed by atoms with Crippen LogP contribution in [0.2, 0.25) is 0 Å². The van der Waals surface area contributed by atoms with E-state index in [0.717, 1.165) is 38.5 Å². The molecule has 1 N–H and O–H groups in total. The predicted octanol–water partition coefficient (Wildman–Crippen LogP) is 3.06. The van der Waals surface area contributed by atoms with Gasteiger partial charge in [0, 0.05) is 11.8 Å². The minimum Gasteiger partial charge on any atom is -0.385 e. The number of hydrogen-bond donors (Lipinski definition) is 1. The number of hydrogen-bond acceptors (Lipinski definition) is 3. The molecule has 5 unspecified atom stereocenters. The van der Waals surface area contributed by atoms with Crippen molar-refractivity contribution < 1.29 is 14.7 Å². The second kappa shape index (κ2) is 4.53. The number of ketones is 2. The average molecular weight is 302 g/mol. The Bertz CT molecular complexity index is 577. The van der Waals surface area contributed by atoms with E-state index in [1.54, 1.807) is 6.08 Å². The number of aliphatic hydroxyl groups excluding tert-OH is 1. The Morgan fingerprint density at radius 2 is 1.77 bits per heavy atom. The lowest BCUT2D eigenvalue weighted by atomic mass is 9.47. The van der Waals surface area contributed by atoms with E-state index in [4.69, 9.17) is 0 Å². The van der Waals surface area contributed by atoms with Gasteiger partial charge in [-0.05, 0) is 67.8 Å². The number of aliphatic hydroxyl groups is 1. The van der Waals surface area contributed by atoms with E-state index >= 15 is 0 Å². The van der Waals surface area contributed by atoms with Crippen LogP contribution < -0.4 is 0 Å². The van der Waals surface area contributed by atoms with Crippen molar-refractivity contribution >= 4 is 11.6 Å². The average Bonchev–Trinajstić information content (AvgIpc) is 2.77. The number of carbonyl (C=O) groups excluding carboxylic acids is 2. The SMILES string of the molecule is CC12CCC3C(CCC4=CC(=O)[C@@H](O)CC43C)C1CCC2=O. The summed E-state index contributed by atoms with van der Waals surface area (Å²) in [6.45, 7) is 4.45. The zero-order valence-electron chi connectivity index (χ0n) is 13.6. The van der Waals surface area contributed by atoms with E-state index in [1.165, 1.54) is 5.57 Å². The van der Waals surface area contributed by atoms with E-state index in [0.29, 0.717) is 30.0 Å². The first-order chi connectivity index (χ1) is 10.4. The van der Waals surface area contributed by atoms with Gasteiger partial charge in [0.25, 0.3) is 0 Å². The molecule has 0 aromatic heterocycles. The standard InChI is InChI=1S/C19H26O3/c1-18-8-7-14-12(13(18)5-6-17(18)22)4-3-11-9-15(20)16(21)10-19(11,14)2/h9,12-14,16,21H,3-8,10H2,1-2H3/t12?,13?,14?,16-,18?,19?/m0/s1. The molecule has 4 rings (SSSR count). The molecule has 6 atom stereocenters. The van der Waals surface area contributed by atoms with Gasteiger partial charge >= 0.3 is 0 Å². The second-order valence-electron chi connectivity index (χ2n) is 8.54. The van der Waals surface area contributed by atoms with Crippen LogP contribution in [-0.2, 0) is 9.59 Å². The van der Waals surface area contributed by atoms with Crippen molar-refractivity contribution in [1.29, 1.82) is 0 Å². The maximum absolute atomic E-state index is 12.4. The maximum Gasteiger partial charge on any atom is 0.184 e. The molecule has 22 heavy (non-hydrogen) atoms. The van der Waals surface area contributed by atoms with E-state index < -0.39 is 6.10 Å². The molecule has 0 aromatic rings. The summed E-state index contributed by atoms with van der Waals surface area (Å²) in [5, 5.41) is 10.1. The molecule has 0 saturated heterocycles. The molecule has 4 aliphatic carbocycles. The highest BCUT2D eigenvalue weighted by molar-refractivity contribution is 5.95. The molecule has 3 saturated carbocycles. The highest BCUT2D eigenvalue weighted by Gasteiger charge is 2.59. The Morgan fingerprint density at radius 3 is 2.55 bits per heavy atom. The molecule has 4 aliphatic rings. The van der Waals surface area contributed by atoms with Crippen molar-refractivity contribution in [3.05, 3.63) is 11.6 Å². The van der Waals surface area contributed by atoms with Crippen molar-refractivity contribution in [2.24, 2.45) is 28.6 Å². The lowest BCUT2D eigenvalue weighted by Gasteiger charge is -2.57. The minimum atomic E-state index is -0.828. The van der Waals surface area contributed by atoms with E-state index in [9.17, 15) is 14.7 Å². The highest BCUT2D eigenvalue weighted by Crippen LogP contribution is 2.64. The number of fused-ring (bicyclic) bond motifs is 5. The van der Waals surface area contributed by atoms with Gasteiger partial charge in [-0.15, -0.1) is 0 Å². The van der Waals surface area contributed by atoms with Crippen LogP contribution in [0.5, 0.6) is 0 Å². The van der Waals surface area contributed by atoms with Gasteiger partial charge in [-0.1, -0.05) is 19.4 Å². The third-order valence-corrected chi connectivity index (χ3v) is 7.71. The lowest BCUT2D eigenvalue weighted by molar-refractivity contribution is -0.134. The summed E-state index contributed by atoms with van der Waals surface area (Å²) < 4.78 is 0. The maximum atomic E-state index is 12.4. The van der Waals surface area contributed by atoms with E-state index in [-0.39, 0.29) is 16.6 Å². The van der Waals surface area contributed by atoms with Crippen LogP contribution in [0.15, 0.2) is 11.6 Å². The summed E-state index contributed by atoms with van der Waals surface area (Å²) in [4.78, 5) is 24.2. The predicted molar refractivity (Wildman–Crippen MR) is 83.1 cm³/mol. The Balaban J connectivity index is 1.71. The third kappa shape index (κ3) is 1.72. The van der Waals surface area contributed by atoms with Gasteiger partial charge < -0.3 is 5.11 Å². The zero-order chi connectivity index (χ0) is 15.7. The fourth-order valence-corrected chi connectivity index (χ4v) is 6.39. The molecule has 0 spiro atoms. The van der Waals surface area contributed by atoms with Crippen LogP contribution in [0.3, 0.4) is 0 Å². The quantitative estimate of drug-likeness (QED) is 0.748. The summed E-state index contributed by atoms with van der Waals surface area (Å²) in [7, 11) is 0. The van der Waals surface area contributed by atoms with Crippen LogP contribution in [0.25, 0.3) is 0 Å². The van der Waals surface area contributed by atoms with Gasteiger partial charge in [0.1, 0.15) is 11.9 Å². The van der Waals surface area contributed by atoms with Gasteiger partial charge in [-0.3, -0.25) is 9.59 Å². The van der Waals surface area contributed by atoms with Gasteiger partial charge in [-0.2, -0.15) is 0 Å². The first-order valence-electron chi connectivity index (χ1n) is 8.82. The lowest BCUT2D eigenvalue weighted by Crippen LogP contribution is -2.52. The van der Waals surface area contributed by atoms with Crippen molar-refractivity contribution in [2.75, 3.05) is 0 Å². The molecule has 0 aliphatic heterocycles. The molecule has 0 radical (unpaired) electrons. The Kier molecular flexibility index (Phi) is 3.01. The Hall–Kier alpha value is -0.960. The fraction of sp³-hybridized carbons (Fsp3) is 0.789. The Morgan fingerprint density at radius 1 is 1.05 bits per heavy atom.